The quantitative estimate of drug-likeness (QED) is 0.683. The minimum absolute atomic E-state index is 0.167. The van der Waals surface area contributed by atoms with Gasteiger partial charge in [0.25, 0.3) is 10.2 Å². The van der Waals surface area contributed by atoms with Crippen molar-refractivity contribution in [2.75, 3.05) is 33.4 Å². The molecule has 0 aliphatic carbocycles. The number of hydrogen-bond donors (Lipinski definition) is 2. The van der Waals surface area contributed by atoms with Gasteiger partial charge in [0.15, 0.2) is 0 Å². The van der Waals surface area contributed by atoms with E-state index < -0.39 is 16.3 Å². The highest BCUT2D eigenvalue weighted by Gasteiger charge is 2.28. The fourth-order valence-corrected chi connectivity index (χ4v) is 3.24. The van der Waals surface area contributed by atoms with Gasteiger partial charge < -0.3 is 9.84 Å². The van der Waals surface area contributed by atoms with Crippen LogP contribution in [0.5, 0.6) is 0 Å². The third-order valence-corrected chi connectivity index (χ3v) is 4.66. The minimum atomic E-state index is -3.50. The Labute approximate surface area is 103 Å². The fourth-order valence-electron chi connectivity index (χ4n) is 1.84. The van der Waals surface area contributed by atoms with Crippen molar-refractivity contribution in [1.29, 1.82) is 0 Å². The lowest BCUT2D eigenvalue weighted by Crippen LogP contribution is -2.50. The topological polar surface area (TPSA) is 78.9 Å². The molecule has 6 nitrogen and oxygen atoms in total. The third-order valence-electron chi connectivity index (χ3n) is 2.99. The summed E-state index contributed by atoms with van der Waals surface area (Å²) < 4.78 is 32.7. The number of aliphatic hydroxyl groups excluding tert-OH is 1. The van der Waals surface area contributed by atoms with E-state index in [1.54, 1.807) is 0 Å². The van der Waals surface area contributed by atoms with Crippen LogP contribution in [-0.4, -0.2) is 57.3 Å². The molecule has 1 atom stereocenters. The van der Waals surface area contributed by atoms with Gasteiger partial charge in [0.05, 0.1) is 19.3 Å². The first-order chi connectivity index (χ1) is 7.99. The number of nitrogens with zero attached hydrogens (tertiary/aromatic N) is 1. The molecule has 0 aromatic heterocycles. The summed E-state index contributed by atoms with van der Waals surface area (Å²) in [6.45, 7) is 3.11. The lowest BCUT2D eigenvalue weighted by Gasteiger charge is -2.30. The van der Waals surface area contributed by atoms with Crippen LogP contribution in [0, 0.1) is 5.92 Å². The van der Waals surface area contributed by atoms with Gasteiger partial charge in [-0.15, -0.1) is 0 Å². The number of hydrogen-bond acceptors (Lipinski definition) is 4. The van der Waals surface area contributed by atoms with Gasteiger partial charge in [-0.2, -0.15) is 17.4 Å². The molecule has 0 spiro atoms. The molecule has 0 bridgehead atoms. The van der Waals surface area contributed by atoms with E-state index in [-0.39, 0.29) is 13.2 Å². The van der Waals surface area contributed by atoms with Crippen LogP contribution >= 0.6 is 0 Å². The maximum atomic E-state index is 12.0. The second kappa shape index (κ2) is 6.65. The average molecular weight is 266 g/mol. The van der Waals surface area contributed by atoms with Crippen LogP contribution in [0.15, 0.2) is 0 Å². The maximum Gasteiger partial charge on any atom is 0.279 e. The number of methoxy groups -OCH3 is 1. The summed E-state index contributed by atoms with van der Waals surface area (Å²) in [5, 5.41) is 9.04. The molecule has 0 aromatic carbocycles. The predicted octanol–water partition coefficient (Wildman–Crippen LogP) is -0.440. The summed E-state index contributed by atoms with van der Waals surface area (Å²) in [6.07, 6.45) is 1.77. The molecule has 0 saturated carbocycles. The van der Waals surface area contributed by atoms with Gasteiger partial charge in [-0.3, -0.25) is 0 Å². The zero-order valence-corrected chi connectivity index (χ0v) is 11.2. The minimum Gasteiger partial charge on any atom is -0.395 e. The molecule has 1 saturated heterocycles. The smallest absolute Gasteiger partial charge is 0.279 e. The van der Waals surface area contributed by atoms with E-state index in [2.05, 4.69) is 11.6 Å². The molecular formula is C10H22N2O4S. The Morgan fingerprint density at radius 1 is 1.47 bits per heavy atom. The highest BCUT2D eigenvalue weighted by atomic mass is 32.2. The Morgan fingerprint density at radius 3 is 2.53 bits per heavy atom. The monoisotopic (exact) mass is 266 g/mol. The molecule has 7 heteroatoms. The Bertz CT molecular complexity index is 312. The van der Waals surface area contributed by atoms with Crippen molar-refractivity contribution in [2.24, 2.45) is 5.92 Å². The standard InChI is InChI=1S/C10H22N2O4S/c1-9-3-5-12(6-4-9)17(14,15)11-10(7-13)8-16-2/h9-11,13H,3-8H2,1-2H3. The Kier molecular flexibility index (Phi) is 5.81. The van der Waals surface area contributed by atoms with Gasteiger partial charge in [-0.05, 0) is 18.8 Å². The van der Waals surface area contributed by atoms with Crippen LogP contribution in [0.4, 0.5) is 0 Å². The summed E-state index contributed by atoms with van der Waals surface area (Å²) in [6, 6.07) is -0.579. The van der Waals surface area contributed by atoms with Crippen LogP contribution in [-0.2, 0) is 14.9 Å². The van der Waals surface area contributed by atoms with Crippen molar-refractivity contribution >= 4 is 10.2 Å². The third kappa shape index (κ3) is 4.51. The van der Waals surface area contributed by atoms with Crippen LogP contribution in [0.1, 0.15) is 19.8 Å². The van der Waals surface area contributed by atoms with Crippen molar-refractivity contribution in [1.82, 2.24) is 9.03 Å². The van der Waals surface area contributed by atoms with Crippen molar-refractivity contribution in [3.05, 3.63) is 0 Å². The normalized spacial score (nSPS) is 21.6. The van der Waals surface area contributed by atoms with E-state index in [0.29, 0.717) is 19.0 Å². The highest BCUT2D eigenvalue weighted by molar-refractivity contribution is 7.87. The van der Waals surface area contributed by atoms with Crippen LogP contribution in [0.25, 0.3) is 0 Å². The molecule has 102 valence electrons. The fraction of sp³-hybridized carbons (Fsp3) is 1.00. The van der Waals surface area contributed by atoms with Gasteiger partial charge in [0.2, 0.25) is 0 Å². The second-order valence-electron chi connectivity index (χ2n) is 4.54. The van der Waals surface area contributed by atoms with Crippen molar-refractivity contribution < 1.29 is 18.3 Å². The van der Waals surface area contributed by atoms with Crippen LogP contribution in [0.3, 0.4) is 0 Å². The zero-order valence-electron chi connectivity index (χ0n) is 10.4. The van der Waals surface area contributed by atoms with Crippen LogP contribution in [0.2, 0.25) is 0 Å². The van der Waals surface area contributed by atoms with Crippen LogP contribution < -0.4 is 4.72 Å². The Balaban J connectivity index is 2.55. The molecule has 1 fully saturated rings. The number of piperidine rings is 1. The van der Waals surface area contributed by atoms with Crippen molar-refractivity contribution in [3.8, 4) is 0 Å². The molecule has 0 aromatic rings. The van der Waals surface area contributed by atoms with E-state index >= 15 is 0 Å². The molecule has 1 unspecified atom stereocenters. The number of aliphatic hydroxyl groups is 1. The number of nitrogens with one attached hydrogen (secondary N) is 1. The molecular weight excluding hydrogens is 244 g/mol. The Hall–Kier alpha value is -0.210. The predicted molar refractivity (Wildman–Crippen MR) is 64.8 cm³/mol. The maximum absolute atomic E-state index is 12.0. The molecule has 1 aliphatic heterocycles. The van der Waals surface area contributed by atoms with E-state index in [1.807, 2.05) is 0 Å². The van der Waals surface area contributed by atoms with Gasteiger partial charge >= 0.3 is 0 Å². The summed E-state index contributed by atoms with van der Waals surface area (Å²) in [4.78, 5) is 0. The average Bonchev–Trinajstić information content (AvgIpc) is 2.28. The first-order valence-electron chi connectivity index (χ1n) is 5.86. The Morgan fingerprint density at radius 2 is 2.06 bits per heavy atom. The summed E-state index contributed by atoms with van der Waals surface area (Å²) in [5.74, 6) is 0.578. The van der Waals surface area contributed by atoms with Gasteiger partial charge in [-0.1, -0.05) is 6.92 Å². The number of ether oxygens (including phenoxy) is 1. The van der Waals surface area contributed by atoms with Gasteiger partial charge in [0.1, 0.15) is 0 Å². The van der Waals surface area contributed by atoms with E-state index in [4.69, 9.17) is 9.84 Å². The number of rotatable bonds is 6. The first-order valence-corrected chi connectivity index (χ1v) is 7.30. The molecule has 2 N–H and O–H groups in total. The lowest BCUT2D eigenvalue weighted by molar-refractivity contribution is 0.137. The van der Waals surface area contributed by atoms with Crippen molar-refractivity contribution in [2.45, 2.75) is 25.8 Å². The zero-order chi connectivity index (χ0) is 12.9. The van der Waals surface area contributed by atoms with Gasteiger partial charge in [0, 0.05) is 20.2 Å². The molecule has 17 heavy (non-hydrogen) atoms. The molecule has 0 radical (unpaired) electrons. The summed E-state index contributed by atoms with van der Waals surface area (Å²) >= 11 is 0. The van der Waals surface area contributed by atoms with E-state index in [1.165, 1.54) is 11.4 Å². The molecule has 1 heterocycles. The second-order valence-corrected chi connectivity index (χ2v) is 6.24. The van der Waals surface area contributed by atoms with E-state index in [0.717, 1.165) is 12.8 Å². The first kappa shape index (κ1) is 14.8. The summed E-state index contributed by atoms with van der Waals surface area (Å²) in [7, 11) is -2.03. The van der Waals surface area contributed by atoms with Gasteiger partial charge in [-0.25, -0.2) is 0 Å². The SMILES string of the molecule is COCC(CO)NS(=O)(=O)N1CCC(C)CC1. The molecule has 1 aliphatic rings. The lowest BCUT2D eigenvalue weighted by atomic mass is 10.0. The highest BCUT2D eigenvalue weighted by Crippen LogP contribution is 2.18. The van der Waals surface area contributed by atoms with E-state index in [9.17, 15) is 8.42 Å². The van der Waals surface area contributed by atoms with Crippen molar-refractivity contribution in [3.63, 3.8) is 0 Å². The summed E-state index contributed by atoms with van der Waals surface area (Å²) in [5.41, 5.74) is 0. The largest absolute Gasteiger partial charge is 0.395 e. The molecule has 0 amide bonds. The molecule has 1 rings (SSSR count).